The number of aromatic nitrogens is 2. The molecule has 0 aliphatic carbocycles. The SMILES string of the molecule is CCc1cccc(CC)c1Nc1nnc(SCCCS(=O)(=O)NC)s1. The number of nitrogens with zero attached hydrogens (tertiary/aromatic N) is 2. The third-order valence-corrected chi connectivity index (χ3v) is 7.24. The largest absolute Gasteiger partial charge is 0.330 e. The van der Waals surface area contributed by atoms with Gasteiger partial charge in [0.2, 0.25) is 15.2 Å². The second-order valence-corrected chi connectivity index (χ2v) is 9.75. The van der Waals surface area contributed by atoms with Gasteiger partial charge in [-0.25, -0.2) is 13.1 Å². The van der Waals surface area contributed by atoms with E-state index in [0.717, 1.165) is 28.0 Å². The number of benzene rings is 1. The van der Waals surface area contributed by atoms with E-state index < -0.39 is 10.0 Å². The molecule has 0 aliphatic rings. The molecule has 0 amide bonds. The van der Waals surface area contributed by atoms with Crippen molar-refractivity contribution < 1.29 is 8.42 Å². The zero-order valence-electron chi connectivity index (χ0n) is 14.7. The fraction of sp³-hybridized carbons (Fsp3) is 0.500. The van der Waals surface area contributed by atoms with Crippen molar-refractivity contribution in [3.63, 3.8) is 0 Å². The van der Waals surface area contributed by atoms with Gasteiger partial charge >= 0.3 is 0 Å². The zero-order valence-corrected chi connectivity index (χ0v) is 17.2. The summed E-state index contributed by atoms with van der Waals surface area (Å²) in [4.78, 5) is 0. The maximum Gasteiger partial charge on any atom is 0.211 e. The average Bonchev–Trinajstić information content (AvgIpc) is 3.06. The van der Waals surface area contributed by atoms with Gasteiger partial charge in [0.25, 0.3) is 0 Å². The topological polar surface area (TPSA) is 84.0 Å². The van der Waals surface area contributed by atoms with Crippen molar-refractivity contribution in [3.8, 4) is 0 Å². The number of nitrogens with one attached hydrogen (secondary N) is 2. The molecule has 0 unspecified atom stereocenters. The van der Waals surface area contributed by atoms with Gasteiger partial charge in [-0.05, 0) is 37.4 Å². The van der Waals surface area contributed by atoms with E-state index in [-0.39, 0.29) is 5.75 Å². The first-order valence-corrected chi connectivity index (χ1v) is 11.7. The first kappa shape index (κ1) is 20.2. The van der Waals surface area contributed by atoms with Gasteiger partial charge in [-0.2, -0.15) is 0 Å². The number of rotatable bonds is 10. The molecule has 0 spiro atoms. The Morgan fingerprint density at radius 3 is 2.44 bits per heavy atom. The van der Waals surface area contributed by atoms with Gasteiger partial charge in [0.1, 0.15) is 0 Å². The molecule has 1 heterocycles. The summed E-state index contributed by atoms with van der Waals surface area (Å²) < 4.78 is 25.9. The predicted molar refractivity (Wildman–Crippen MR) is 107 cm³/mol. The van der Waals surface area contributed by atoms with Crippen molar-refractivity contribution in [2.75, 3.05) is 23.9 Å². The minimum atomic E-state index is -3.13. The molecular weight excluding hydrogens is 376 g/mol. The van der Waals surface area contributed by atoms with Gasteiger partial charge in [-0.1, -0.05) is 55.1 Å². The van der Waals surface area contributed by atoms with Crippen molar-refractivity contribution in [2.45, 2.75) is 37.4 Å². The predicted octanol–water partition coefficient (Wildman–Crippen LogP) is 3.44. The Balaban J connectivity index is 1.96. The van der Waals surface area contributed by atoms with Crippen molar-refractivity contribution in [1.82, 2.24) is 14.9 Å². The van der Waals surface area contributed by atoms with Crippen LogP contribution in [0.1, 0.15) is 31.4 Å². The summed E-state index contributed by atoms with van der Waals surface area (Å²) >= 11 is 3.03. The molecule has 0 bridgehead atoms. The lowest BCUT2D eigenvalue weighted by molar-refractivity contribution is 0.587. The first-order valence-electron chi connectivity index (χ1n) is 8.24. The van der Waals surface area contributed by atoms with Gasteiger partial charge in [0, 0.05) is 11.4 Å². The number of sulfonamides is 1. The highest BCUT2D eigenvalue weighted by atomic mass is 32.2. The third kappa shape index (κ3) is 5.95. The Labute approximate surface area is 157 Å². The van der Waals surface area contributed by atoms with Crippen molar-refractivity contribution in [2.24, 2.45) is 0 Å². The molecule has 0 saturated carbocycles. The quantitative estimate of drug-likeness (QED) is 0.469. The molecule has 0 fully saturated rings. The van der Waals surface area contributed by atoms with Crippen molar-refractivity contribution in [1.29, 1.82) is 0 Å². The zero-order chi connectivity index (χ0) is 18.3. The van der Waals surface area contributed by atoms with E-state index >= 15 is 0 Å². The molecular formula is C16H24N4O2S3. The van der Waals surface area contributed by atoms with E-state index in [9.17, 15) is 8.42 Å². The lowest BCUT2D eigenvalue weighted by Crippen LogP contribution is -2.22. The normalized spacial score (nSPS) is 11.6. The third-order valence-electron chi connectivity index (χ3n) is 3.73. The Bertz CT molecular complexity index is 768. The van der Waals surface area contributed by atoms with Gasteiger partial charge < -0.3 is 5.32 Å². The second-order valence-electron chi connectivity index (χ2n) is 5.38. The molecule has 2 rings (SSSR count). The second kappa shape index (κ2) is 9.51. The van der Waals surface area contributed by atoms with Crippen LogP contribution in [0.3, 0.4) is 0 Å². The Morgan fingerprint density at radius 2 is 1.84 bits per heavy atom. The maximum absolute atomic E-state index is 11.4. The number of hydrogen-bond acceptors (Lipinski definition) is 7. The van der Waals surface area contributed by atoms with Crippen molar-refractivity contribution in [3.05, 3.63) is 29.3 Å². The summed E-state index contributed by atoms with van der Waals surface area (Å²) in [5.41, 5.74) is 3.65. The molecule has 0 radical (unpaired) electrons. The molecule has 2 aromatic rings. The van der Waals surface area contributed by atoms with Crippen LogP contribution in [-0.4, -0.2) is 37.2 Å². The number of aryl methyl sites for hydroxylation is 2. The number of hydrogen-bond donors (Lipinski definition) is 2. The van der Waals surface area contributed by atoms with E-state index in [1.807, 2.05) is 0 Å². The smallest absolute Gasteiger partial charge is 0.211 e. The Hall–Kier alpha value is -1.16. The summed E-state index contributed by atoms with van der Waals surface area (Å²) in [6, 6.07) is 6.34. The van der Waals surface area contributed by atoms with Crippen LogP contribution < -0.4 is 10.0 Å². The lowest BCUT2D eigenvalue weighted by Gasteiger charge is -2.13. The van der Waals surface area contributed by atoms with E-state index in [2.05, 4.69) is 52.3 Å². The molecule has 0 saturated heterocycles. The maximum atomic E-state index is 11.4. The fourth-order valence-electron chi connectivity index (χ4n) is 2.34. The van der Waals surface area contributed by atoms with E-state index in [1.165, 1.54) is 41.3 Å². The van der Waals surface area contributed by atoms with Crippen LogP contribution in [-0.2, 0) is 22.9 Å². The average molecular weight is 401 g/mol. The lowest BCUT2D eigenvalue weighted by atomic mass is 10.0. The van der Waals surface area contributed by atoms with Gasteiger partial charge in [0.15, 0.2) is 4.34 Å². The van der Waals surface area contributed by atoms with E-state index in [4.69, 9.17) is 0 Å². The molecule has 6 nitrogen and oxygen atoms in total. The fourth-order valence-corrected chi connectivity index (χ4v) is 5.02. The van der Waals surface area contributed by atoms with Crippen LogP contribution in [0.2, 0.25) is 0 Å². The minimum Gasteiger partial charge on any atom is -0.330 e. The van der Waals surface area contributed by atoms with Gasteiger partial charge in [0.05, 0.1) is 5.75 Å². The molecule has 0 aliphatic heterocycles. The summed E-state index contributed by atoms with van der Waals surface area (Å²) in [6.45, 7) is 4.28. The Morgan fingerprint density at radius 1 is 1.16 bits per heavy atom. The first-order chi connectivity index (χ1) is 12.0. The molecule has 138 valence electrons. The number of anilines is 2. The summed E-state index contributed by atoms with van der Waals surface area (Å²) in [5, 5.41) is 12.6. The van der Waals surface area contributed by atoms with Crippen molar-refractivity contribution >= 4 is 43.9 Å². The minimum absolute atomic E-state index is 0.129. The van der Waals surface area contributed by atoms with Crippen LogP contribution in [0.15, 0.2) is 22.5 Å². The van der Waals surface area contributed by atoms with Gasteiger partial charge in [-0.15, -0.1) is 10.2 Å². The molecule has 0 atom stereocenters. The number of para-hydroxylation sites is 1. The summed E-state index contributed by atoms with van der Waals surface area (Å²) in [7, 11) is -1.70. The number of thioether (sulfide) groups is 1. The van der Waals surface area contributed by atoms with Crippen LogP contribution in [0.4, 0.5) is 10.8 Å². The highest BCUT2D eigenvalue weighted by molar-refractivity contribution is 8.01. The van der Waals surface area contributed by atoms with Crippen LogP contribution in [0, 0.1) is 0 Å². The molecule has 2 N–H and O–H groups in total. The highest BCUT2D eigenvalue weighted by Gasteiger charge is 2.11. The molecule has 1 aromatic heterocycles. The molecule has 25 heavy (non-hydrogen) atoms. The van der Waals surface area contributed by atoms with Crippen LogP contribution >= 0.6 is 23.1 Å². The Kier molecular flexibility index (Phi) is 7.67. The summed E-state index contributed by atoms with van der Waals surface area (Å²) in [6.07, 6.45) is 2.49. The molecule has 9 heteroatoms. The highest BCUT2D eigenvalue weighted by Crippen LogP contribution is 2.31. The standard InChI is InChI=1S/C16H24N4O2S3/c1-4-12-8-6-9-13(5-2)14(12)18-15-19-20-16(24-15)23-10-7-11-25(21,22)17-3/h6,8-9,17H,4-5,7,10-11H2,1-3H3,(H,18,19). The molecule has 1 aromatic carbocycles. The van der Waals surface area contributed by atoms with E-state index in [0.29, 0.717) is 12.2 Å². The van der Waals surface area contributed by atoms with Gasteiger partial charge in [-0.3, -0.25) is 0 Å². The van der Waals surface area contributed by atoms with E-state index in [1.54, 1.807) is 0 Å². The monoisotopic (exact) mass is 400 g/mol. The van der Waals surface area contributed by atoms with Crippen LogP contribution in [0.25, 0.3) is 0 Å². The summed E-state index contributed by atoms with van der Waals surface area (Å²) in [5.74, 6) is 0.825. The van der Waals surface area contributed by atoms with Crippen LogP contribution in [0.5, 0.6) is 0 Å².